The van der Waals surface area contributed by atoms with Crippen molar-refractivity contribution in [2.45, 2.75) is 19.9 Å². The van der Waals surface area contributed by atoms with Crippen LogP contribution in [-0.2, 0) is 13.0 Å². The predicted molar refractivity (Wildman–Crippen MR) is 117 cm³/mol. The lowest BCUT2D eigenvalue weighted by atomic mass is 10.1. The summed E-state index contributed by atoms with van der Waals surface area (Å²) in [7, 11) is 2.17. The van der Waals surface area contributed by atoms with Crippen LogP contribution in [0.5, 0.6) is 0 Å². The molecule has 6 heteroatoms. The van der Waals surface area contributed by atoms with Crippen LogP contribution in [0.3, 0.4) is 0 Å². The first-order chi connectivity index (χ1) is 13.7. The number of hydrogen-bond donors (Lipinski definition) is 2. The number of nitrogens with zero attached hydrogens (tertiary/aromatic N) is 4. The number of hydrogen-bond acceptors (Lipinski definition) is 4. The molecule has 0 bridgehead atoms. The molecular weight excluding hydrogens is 348 g/mol. The molecule has 150 valence electrons. The molecule has 3 rings (SSSR count). The molecule has 0 radical (unpaired) electrons. The lowest BCUT2D eigenvalue weighted by Crippen LogP contribution is -2.44. The number of likely N-dealkylation sites (N-methyl/N-ethyl adjacent to an activating group) is 1. The van der Waals surface area contributed by atoms with Crippen LogP contribution in [0.4, 0.5) is 5.82 Å². The van der Waals surface area contributed by atoms with Crippen molar-refractivity contribution in [3.63, 3.8) is 0 Å². The molecule has 1 aliphatic rings. The number of nitrogens with one attached hydrogen (secondary N) is 2. The van der Waals surface area contributed by atoms with Crippen LogP contribution in [0, 0.1) is 0 Å². The number of pyridine rings is 1. The van der Waals surface area contributed by atoms with Crippen molar-refractivity contribution in [1.82, 2.24) is 20.5 Å². The zero-order valence-corrected chi connectivity index (χ0v) is 17.1. The van der Waals surface area contributed by atoms with E-state index in [1.807, 2.05) is 12.3 Å². The molecule has 0 amide bonds. The van der Waals surface area contributed by atoms with Crippen LogP contribution in [0.2, 0.25) is 0 Å². The maximum absolute atomic E-state index is 4.70. The Balaban J connectivity index is 1.50. The summed E-state index contributed by atoms with van der Waals surface area (Å²) in [5.74, 6) is 1.91. The quantitative estimate of drug-likeness (QED) is 0.569. The summed E-state index contributed by atoms with van der Waals surface area (Å²) in [6.07, 6.45) is 2.93. The van der Waals surface area contributed by atoms with E-state index in [0.29, 0.717) is 6.54 Å². The Bertz CT molecular complexity index is 720. The Morgan fingerprint density at radius 3 is 2.46 bits per heavy atom. The van der Waals surface area contributed by atoms with E-state index in [1.165, 1.54) is 5.56 Å². The molecule has 1 aromatic heterocycles. The van der Waals surface area contributed by atoms with Gasteiger partial charge in [-0.2, -0.15) is 0 Å². The summed E-state index contributed by atoms with van der Waals surface area (Å²) in [6, 6.07) is 14.8. The van der Waals surface area contributed by atoms with E-state index < -0.39 is 0 Å². The molecule has 1 aliphatic heterocycles. The normalized spacial score (nSPS) is 15.5. The highest BCUT2D eigenvalue weighted by Crippen LogP contribution is 2.14. The summed E-state index contributed by atoms with van der Waals surface area (Å²) < 4.78 is 0. The van der Waals surface area contributed by atoms with E-state index in [2.05, 4.69) is 75.8 Å². The third-order valence-electron chi connectivity index (χ3n) is 4.95. The van der Waals surface area contributed by atoms with E-state index in [-0.39, 0.29) is 0 Å². The molecule has 0 aliphatic carbocycles. The predicted octanol–water partition coefficient (Wildman–Crippen LogP) is 2.13. The van der Waals surface area contributed by atoms with E-state index in [1.54, 1.807) is 0 Å². The zero-order chi connectivity index (χ0) is 19.6. The second-order valence-electron chi connectivity index (χ2n) is 7.17. The molecule has 0 unspecified atom stereocenters. The number of aliphatic imine (C=N–C) groups is 1. The second kappa shape index (κ2) is 10.7. The molecule has 6 nitrogen and oxygen atoms in total. The monoisotopic (exact) mass is 380 g/mol. The number of rotatable bonds is 7. The SMILES string of the molecule is CCNC(=NCc1ccc(N2CCN(C)CC2)nc1)NCCc1ccccc1. The molecule has 1 fully saturated rings. The van der Waals surface area contributed by atoms with Gasteiger partial charge in [-0.15, -0.1) is 0 Å². The van der Waals surface area contributed by atoms with Gasteiger partial charge in [0.2, 0.25) is 0 Å². The average molecular weight is 381 g/mol. The van der Waals surface area contributed by atoms with Crippen molar-refractivity contribution in [2.24, 2.45) is 4.99 Å². The van der Waals surface area contributed by atoms with Crippen LogP contribution in [0.1, 0.15) is 18.1 Å². The highest BCUT2D eigenvalue weighted by atomic mass is 15.3. The fourth-order valence-electron chi connectivity index (χ4n) is 3.21. The van der Waals surface area contributed by atoms with Crippen LogP contribution < -0.4 is 15.5 Å². The fourth-order valence-corrected chi connectivity index (χ4v) is 3.21. The van der Waals surface area contributed by atoms with Crippen molar-refractivity contribution in [2.75, 3.05) is 51.2 Å². The van der Waals surface area contributed by atoms with Gasteiger partial charge in [0.05, 0.1) is 6.54 Å². The van der Waals surface area contributed by atoms with Crippen LogP contribution in [-0.4, -0.2) is 62.2 Å². The van der Waals surface area contributed by atoms with Crippen molar-refractivity contribution in [1.29, 1.82) is 0 Å². The Labute approximate surface area is 168 Å². The molecule has 1 aromatic carbocycles. The van der Waals surface area contributed by atoms with Gasteiger partial charge in [-0.3, -0.25) is 0 Å². The van der Waals surface area contributed by atoms with Crippen LogP contribution in [0.15, 0.2) is 53.7 Å². The molecule has 1 saturated heterocycles. The summed E-state index contributed by atoms with van der Waals surface area (Å²) >= 11 is 0. The molecule has 2 aromatic rings. The van der Waals surface area contributed by atoms with E-state index in [0.717, 1.165) is 63.0 Å². The van der Waals surface area contributed by atoms with Gasteiger partial charge in [-0.05, 0) is 37.6 Å². The summed E-state index contributed by atoms with van der Waals surface area (Å²) in [4.78, 5) is 14.1. The van der Waals surface area contributed by atoms with Crippen LogP contribution in [0.25, 0.3) is 0 Å². The standard InChI is InChI=1S/C22H32N6/c1-3-23-22(24-12-11-19-7-5-4-6-8-19)26-18-20-9-10-21(25-17-20)28-15-13-27(2)14-16-28/h4-10,17H,3,11-16,18H2,1-2H3,(H2,23,24,26). The Morgan fingerprint density at radius 1 is 1.00 bits per heavy atom. The lowest BCUT2D eigenvalue weighted by Gasteiger charge is -2.33. The van der Waals surface area contributed by atoms with Gasteiger partial charge in [0.15, 0.2) is 5.96 Å². The Morgan fingerprint density at radius 2 is 1.79 bits per heavy atom. The first kappa shape index (κ1) is 20.1. The van der Waals surface area contributed by atoms with E-state index >= 15 is 0 Å². The molecule has 0 atom stereocenters. The summed E-state index contributed by atoms with van der Waals surface area (Å²) in [6.45, 7) is 8.67. The molecule has 2 heterocycles. The topological polar surface area (TPSA) is 55.8 Å². The minimum atomic E-state index is 0.622. The van der Waals surface area contributed by atoms with Crippen molar-refractivity contribution in [3.05, 3.63) is 59.8 Å². The van der Waals surface area contributed by atoms with Crippen molar-refractivity contribution < 1.29 is 0 Å². The van der Waals surface area contributed by atoms with Gasteiger partial charge in [-0.25, -0.2) is 9.98 Å². The van der Waals surface area contributed by atoms with Crippen molar-refractivity contribution >= 4 is 11.8 Å². The molecule has 0 saturated carbocycles. The number of aromatic nitrogens is 1. The van der Waals surface area contributed by atoms with Gasteiger partial charge in [0.1, 0.15) is 5.82 Å². The number of guanidine groups is 1. The van der Waals surface area contributed by atoms with Gasteiger partial charge >= 0.3 is 0 Å². The smallest absolute Gasteiger partial charge is 0.191 e. The first-order valence-corrected chi connectivity index (χ1v) is 10.2. The van der Waals surface area contributed by atoms with Crippen molar-refractivity contribution in [3.8, 4) is 0 Å². The third kappa shape index (κ3) is 6.23. The van der Waals surface area contributed by atoms with Gasteiger partial charge in [0.25, 0.3) is 0 Å². The van der Waals surface area contributed by atoms with E-state index in [4.69, 9.17) is 4.99 Å². The second-order valence-corrected chi connectivity index (χ2v) is 7.17. The van der Waals surface area contributed by atoms with Gasteiger partial charge < -0.3 is 20.4 Å². The van der Waals surface area contributed by atoms with E-state index in [9.17, 15) is 0 Å². The number of anilines is 1. The minimum absolute atomic E-state index is 0.622. The molecule has 28 heavy (non-hydrogen) atoms. The Hall–Kier alpha value is -2.60. The fraction of sp³-hybridized carbons (Fsp3) is 0.455. The van der Waals surface area contributed by atoms with Gasteiger partial charge in [0, 0.05) is 45.5 Å². The number of benzene rings is 1. The highest BCUT2D eigenvalue weighted by Gasteiger charge is 2.14. The molecular formula is C22H32N6. The maximum Gasteiger partial charge on any atom is 0.191 e. The third-order valence-corrected chi connectivity index (χ3v) is 4.95. The maximum atomic E-state index is 4.70. The van der Waals surface area contributed by atoms with Crippen LogP contribution >= 0.6 is 0 Å². The first-order valence-electron chi connectivity index (χ1n) is 10.2. The minimum Gasteiger partial charge on any atom is -0.357 e. The molecule has 0 spiro atoms. The summed E-state index contributed by atoms with van der Waals surface area (Å²) in [5, 5.41) is 6.72. The largest absolute Gasteiger partial charge is 0.357 e. The number of piperazine rings is 1. The highest BCUT2D eigenvalue weighted by molar-refractivity contribution is 5.79. The molecule has 2 N–H and O–H groups in total. The zero-order valence-electron chi connectivity index (χ0n) is 17.1. The van der Waals surface area contributed by atoms with Gasteiger partial charge in [-0.1, -0.05) is 36.4 Å². The summed E-state index contributed by atoms with van der Waals surface area (Å²) in [5.41, 5.74) is 2.45. The Kier molecular flexibility index (Phi) is 7.67. The average Bonchev–Trinajstić information content (AvgIpc) is 2.74. The lowest BCUT2D eigenvalue weighted by molar-refractivity contribution is 0.312.